The Morgan fingerprint density at radius 2 is 2.00 bits per heavy atom. The number of carbonyl (C=O) groups excluding carboxylic acids is 1. The molecule has 5 nitrogen and oxygen atoms in total. The van der Waals surface area contributed by atoms with E-state index in [1.807, 2.05) is 24.0 Å². The average molecular weight is 317 g/mol. The van der Waals surface area contributed by atoms with E-state index < -0.39 is 0 Å². The molecule has 126 valence electrons. The van der Waals surface area contributed by atoms with Crippen molar-refractivity contribution in [1.82, 2.24) is 15.2 Å². The summed E-state index contributed by atoms with van der Waals surface area (Å²) in [6.45, 7) is 3.41. The largest absolute Gasteiger partial charge is 0.472 e. The standard InChI is InChI=1S/C18H27N3O2/c1-14-8-9-17(19-12-14)23-16-10-11-21(13-16)18(22)20-15-6-4-2-3-5-7-15/h8-9,12,15-16H,2-7,10-11,13H2,1H3,(H,20,22). The van der Waals surface area contributed by atoms with Crippen LogP contribution in [0.25, 0.3) is 0 Å². The van der Waals surface area contributed by atoms with Gasteiger partial charge in [-0.15, -0.1) is 0 Å². The summed E-state index contributed by atoms with van der Waals surface area (Å²) in [6.07, 6.45) is 10.0. The van der Waals surface area contributed by atoms with E-state index in [1.165, 1.54) is 25.7 Å². The second kappa shape index (κ2) is 7.66. The third kappa shape index (κ3) is 4.60. The van der Waals surface area contributed by atoms with Gasteiger partial charge in [0.25, 0.3) is 0 Å². The number of likely N-dealkylation sites (tertiary alicyclic amines) is 1. The molecule has 1 atom stereocenters. The van der Waals surface area contributed by atoms with E-state index in [1.54, 1.807) is 6.20 Å². The van der Waals surface area contributed by atoms with E-state index in [0.717, 1.165) is 31.4 Å². The summed E-state index contributed by atoms with van der Waals surface area (Å²) in [6, 6.07) is 4.31. The lowest BCUT2D eigenvalue weighted by Crippen LogP contribution is -2.44. The predicted molar refractivity (Wildman–Crippen MR) is 89.6 cm³/mol. The maximum Gasteiger partial charge on any atom is 0.317 e. The van der Waals surface area contributed by atoms with Crippen LogP contribution in [0.3, 0.4) is 0 Å². The van der Waals surface area contributed by atoms with Crippen molar-refractivity contribution in [2.75, 3.05) is 13.1 Å². The maximum atomic E-state index is 12.4. The van der Waals surface area contributed by atoms with Crippen molar-refractivity contribution in [1.29, 1.82) is 0 Å². The number of urea groups is 1. The van der Waals surface area contributed by atoms with Crippen molar-refractivity contribution in [3.8, 4) is 5.88 Å². The first-order chi connectivity index (χ1) is 11.2. The summed E-state index contributed by atoms with van der Waals surface area (Å²) in [5.74, 6) is 0.645. The van der Waals surface area contributed by atoms with Gasteiger partial charge in [0.05, 0.1) is 6.54 Å². The van der Waals surface area contributed by atoms with Crippen molar-refractivity contribution < 1.29 is 9.53 Å². The maximum absolute atomic E-state index is 12.4. The minimum absolute atomic E-state index is 0.0464. The Morgan fingerprint density at radius 3 is 2.70 bits per heavy atom. The smallest absolute Gasteiger partial charge is 0.317 e. The molecule has 23 heavy (non-hydrogen) atoms. The van der Waals surface area contributed by atoms with Gasteiger partial charge in [0.2, 0.25) is 5.88 Å². The highest BCUT2D eigenvalue weighted by Crippen LogP contribution is 2.19. The molecule has 1 aliphatic carbocycles. The Kier molecular flexibility index (Phi) is 5.36. The molecule has 1 aromatic rings. The van der Waals surface area contributed by atoms with Gasteiger partial charge in [-0.05, 0) is 25.3 Å². The van der Waals surface area contributed by atoms with Crippen molar-refractivity contribution in [3.63, 3.8) is 0 Å². The molecule has 2 fully saturated rings. The Balaban J connectivity index is 1.46. The summed E-state index contributed by atoms with van der Waals surface area (Å²) in [5.41, 5.74) is 1.12. The molecule has 2 heterocycles. The van der Waals surface area contributed by atoms with Crippen LogP contribution in [0.15, 0.2) is 18.3 Å². The molecule has 0 aromatic carbocycles. The number of hydrogen-bond acceptors (Lipinski definition) is 3. The molecule has 0 radical (unpaired) electrons. The molecule has 0 spiro atoms. The number of amides is 2. The van der Waals surface area contributed by atoms with Gasteiger partial charge in [0, 0.05) is 31.3 Å². The minimum Gasteiger partial charge on any atom is -0.472 e. The van der Waals surface area contributed by atoms with Crippen LogP contribution in [-0.2, 0) is 0 Å². The third-order valence-corrected chi connectivity index (χ3v) is 4.79. The number of rotatable bonds is 3. The van der Waals surface area contributed by atoms with E-state index in [0.29, 0.717) is 18.5 Å². The average Bonchev–Trinajstić information content (AvgIpc) is 2.86. The lowest BCUT2D eigenvalue weighted by atomic mass is 10.1. The monoisotopic (exact) mass is 317 g/mol. The summed E-state index contributed by atoms with van der Waals surface area (Å²) in [5, 5.41) is 3.21. The number of hydrogen-bond donors (Lipinski definition) is 1. The number of nitrogens with one attached hydrogen (secondary N) is 1. The zero-order chi connectivity index (χ0) is 16.1. The molecular formula is C18H27N3O2. The van der Waals surface area contributed by atoms with E-state index in [-0.39, 0.29) is 12.1 Å². The highest BCUT2D eigenvalue weighted by molar-refractivity contribution is 5.74. The van der Waals surface area contributed by atoms with Gasteiger partial charge in [-0.1, -0.05) is 31.7 Å². The summed E-state index contributed by atoms with van der Waals surface area (Å²) in [4.78, 5) is 18.6. The molecule has 1 aliphatic heterocycles. The lowest BCUT2D eigenvalue weighted by Gasteiger charge is -2.22. The van der Waals surface area contributed by atoms with Crippen LogP contribution in [0.4, 0.5) is 4.79 Å². The number of carbonyl (C=O) groups is 1. The topological polar surface area (TPSA) is 54.5 Å². The molecule has 1 saturated carbocycles. The van der Waals surface area contributed by atoms with Gasteiger partial charge >= 0.3 is 6.03 Å². The number of nitrogens with zero attached hydrogens (tertiary/aromatic N) is 2. The van der Waals surface area contributed by atoms with Gasteiger partial charge < -0.3 is 15.0 Å². The van der Waals surface area contributed by atoms with E-state index in [2.05, 4.69) is 10.3 Å². The van der Waals surface area contributed by atoms with Crippen LogP contribution in [0, 0.1) is 6.92 Å². The highest BCUT2D eigenvalue weighted by Gasteiger charge is 2.29. The van der Waals surface area contributed by atoms with Crippen molar-refractivity contribution in [3.05, 3.63) is 23.9 Å². The zero-order valence-corrected chi connectivity index (χ0v) is 14.0. The van der Waals surface area contributed by atoms with E-state index >= 15 is 0 Å². The van der Waals surface area contributed by atoms with Crippen LogP contribution in [0.5, 0.6) is 5.88 Å². The molecule has 2 aliphatic rings. The van der Waals surface area contributed by atoms with Crippen molar-refractivity contribution >= 4 is 6.03 Å². The predicted octanol–water partition coefficient (Wildman–Crippen LogP) is 3.28. The molecule has 2 amide bonds. The molecule has 0 bridgehead atoms. The van der Waals surface area contributed by atoms with Gasteiger partial charge in [-0.3, -0.25) is 0 Å². The Hall–Kier alpha value is -1.78. The first kappa shape index (κ1) is 16.1. The molecule has 5 heteroatoms. The van der Waals surface area contributed by atoms with Gasteiger partial charge in [0.15, 0.2) is 0 Å². The first-order valence-electron chi connectivity index (χ1n) is 8.85. The zero-order valence-electron chi connectivity index (χ0n) is 14.0. The number of aryl methyl sites for hydroxylation is 1. The molecule has 1 saturated heterocycles. The van der Waals surface area contributed by atoms with Gasteiger partial charge in [-0.2, -0.15) is 0 Å². The van der Waals surface area contributed by atoms with Crippen LogP contribution in [0.1, 0.15) is 50.5 Å². The summed E-state index contributed by atoms with van der Waals surface area (Å²) >= 11 is 0. The fourth-order valence-corrected chi connectivity index (χ4v) is 3.39. The van der Waals surface area contributed by atoms with Crippen molar-refractivity contribution in [2.24, 2.45) is 0 Å². The normalized spacial score (nSPS) is 22.7. The van der Waals surface area contributed by atoms with Crippen molar-refractivity contribution in [2.45, 2.75) is 64.0 Å². The molecule has 1 unspecified atom stereocenters. The Bertz CT molecular complexity index is 510. The Labute approximate surface area is 138 Å². The molecular weight excluding hydrogens is 290 g/mol. The van der Waals surface area contributed by atoms with Gasteiger partial charge in [0.1, 0.15) is 6.10 Å². The fraction of sp³-hybridized carbons (Fsp3) is 0.667. The molecule has 1 N–H and O–H groups in total. The second-order valence-corrected chi connectivity index (χ2v) is 6.79. The van der Waals surface area contributed by atoms with Crippen LogP contribution < -0.4 is 10.1 Å². The number of aromatic nitrogens is 1. The quantitative estimate of drug-likeness (QED) is 0.871. The third-order valence-electron chi connectivity index (χ3n) is 4.79. The second-order valence-electron chi connectivity index (χ2n) is 6.79. The number of ether oxygens (including phenoxy) is 1. The van der Waals surface area contributed by atoms with Crippen LogP contribution >= 0.6 is 0 Å². The van der Waals surface area contributed by atoms with E-state index in [4.69, 9.17) is 4.74 Å². The first-order valence-corrected chi connectivity index (χ1v) is 8.85. The summed E-state index contributed by atoms with van der Waals surface area (Å²) in [7, 11) is 0. The molecule has 3 rings (SSSR count). The van der Waals surface area contributed by atoms with Gasteiger partial charge in [-0.25, -0.2) is 9.78 Å². The summed E-state index contributed by atoms with van der Waals surface area (Å²) < 4.78 is 5.89. The van der Waals surface area contributed by atoms with E-state index in [9.17, 15) is 4.79 Å². The fourth-order valence-electron chi connectivity index (χ4n) is 3.39. The Morgan fingerprint density at radius 1 is 1.22 bits per heavy atom. The van der Waals surface area contributed by atoms with Crippen LogP contribution in [-0.4, -0.2) is 41.2 Å². The lowest BCUT2D eigenvalue weighted by molar-refractivity contribution is 0.180. The van der Waals surface area contributed by atoms with Crippen LogP contribution in [0.2, 0.25) is 0 Å². The highest BCUT2D eigenvalue weighted by atomic mass is 16.5. The minimum atomic E-state index is 0.0464. The SMILES string of the molecule is Cc1ccc(OC2CCN(C(=O)NC3CCCCCC3)C2)nc1. The molecule has 1 aromatic heterocycles. The number of pyridine rings is 1.